The third kappa shape index (κ3) is 5.90. The van der Waals surface area contributed by atoms with Crippen LogP contribution >= 0.6 is 11.3 Å². The van der Waals surface area contributed by atoms with E-state index in [-0.39, 0.29) is 18.0 Å². The van der Waals surface area contributed by atoms with E-state index < -0.39 is 18.0 Å². The molecule has 5 nitrogen and oxygen atoms in total. The van der Waals surface area contributed by atoms with Crippen LogP contribution in [0.15, 0.2) is 47.3 Å². The summed E-state index contributed by atoms with van der Waals surface area (Å²) in [5, 5.41) is 1.90. The number of nitrogens with zero attached hydrogens (tertiary/aromatic N) is 1. The molecule has 0 saturated carbocycles. The van der Waals surface area contributed by atoms with Crippen LogP contribution < -0.4 is 0 Å². The van der Waals surface area contributed by atoms with Crippen molar-refractivity contribution in [1.82, 2.24) is 4.98 Å². The molecular weight excluding hydrogens is 419 g/mol. The second-order valence-corrected chi connectivity index (χ2v) is 7.56. The van der Waals surface area contributed by atoms with Crippen molar-refractivity contribution in [3.8, 4) is 0 Å². The van der Waals surface area contributed by atoms with Gasteiger partial charge in [-0.2, -0.15) is 13.2 Å². The number of methoxy groups -OCH3 is 1. The number of hydrogen-bond acceptors (Lipinski definition) is 6. The summed E-state index contributed by atoms with van der Waals surface area (Å²) in [4.78, 5) is 15.5. The number of hydrogen-bond donors (Lipinski definition) is 0. The molecular formula is C21H22F3NO4S. The van der Waals surface area contributed by atoms with Gasteiger partial charge in [-0.25, -0.2) is 4.98 Å². The second-order valence-electron chi connectivity index (χ2n) is 6.84. The third-order valence-corrected chi connectivity index (χ3v) is 5.37. The molecule has 3 atom stereocenters. The highest BCUT2D eigenvalue weighted by molar-refractivity contribution is 7.07. The number of carbonyl (C=O) groups is 1. The average molecular weight is 441 g/mol. The molecule has 0 bridgehead atoms. The first kappa shape index (κ1) is 22.5. The zero-order valence-electron chi connectivity index (χ0n) is 16.3. The van der Waals surface area contributed by atoms with Crippen LogP contribution in [0.4, 0.5) is 13.2 Å². The standard InChI is InChI=1S/C21H22F3NO4S/c1-27-18(26)6-4-2-3-5-15-11-28-20(29-19(15)17-12-30-13-25-17)14-7-9-16(10-8-14)21(22,23)24/h2-3,7-10,12-13,15,19-20H,4-6,11H2,1H3/b3-2-. The van der Waals surface area contributed by atoms with Crippen LogP contribution in [0.3, 0.4) is 0 Å². The van der Waals surface area contributed by atoms with Gasteiger partial charge in [-0.3, -0.25) is 4.79 Å². The molecule has 2 heterocycles. The second kappa shape index (κ2) is 10.2. The van der Waals surface area contributed by atoms with Crippen LogP contribution in [-0.4, -0.2) is 24.7 Å². The predicted molar refractivity (Wildman–Crippen MR) is 105 cm³/mol. The first-order chi connectivity index (χ1) is 14.4. The lowest BCUT2D eigenvalue weighted by atomic mass is 9.95. The van der Waals surface area contributed by atoms with Crippen molar-refractivity contribution in [2.24, 2.45) is 5.92 Å². The average Bonchev–Trinajstić information content (AvgIpc) is 3.27. The van der Waals surface area contributed by atoms with Gasteiger partial charge >= 0.3 is 12.1 Å². The Kier molecular flexibility index (Phi) is 7.63. The minimum absolute atomic E-state index is 0.00725. The number of allylic oxidation sites excluding steroid dienone is 2. The predicted octanol–water partition coefficient (Wildman–Crippen LogP) is 5.46. The number of esters is 1. The van der Waals surface area contributed by atoms with E-state index in [4.69, 9.17) is 9.47 Å². The molecule has 0 aliphatic carbocycles. The van der Waals surface area contributed by atoms with Gasteiger partial charge in [0.25, 0.3) is 0 Å². The normalized spacial score (nSPS) is 22.3. The fourth-order valence-corrected chi connectivity index (χ4v) is 3.72. The van der Waals surface area contributed by atoms with Crippen LogP contribution in [0.1, 0.15) is 48.5 Å². The number of aromatic nitrogens is 1. The molecule has 1 aromatic carbocycles. The van der Waals surface area contributed by atoms with E-state index in [9.17, 15) is 18.0 Å². The van der Waals surface area contributed by atoms with E-state index in [0.717, 1.165) is 17.8 Å². The fourth-order valence-electron chi connectivity index (χ4n) is 3.14. The van der Waals surface area contributed by atoms with Crippen molar-refractivity contribution in [2.45, 2.75) is 37.8 Å². The molecule has 1 fully saturated rings. The van der Waals surface area contributed by atoms with E-state index in [1.165, 1.54) is 30.6 Å². The van der Waals surface area contributed by atoms with Gasteiger partial charge in [-0.1, -0.05) is 24.3 Å². The van der Waals surface area contributed by atoms with Gasteiger partial charge in [0.2, 0.25) is 0 Å². The lowest BCUT2D eigenvalue weighted by Gasteiger charge is -2.35. The van der Waals surface area contributed by atoms with Crippen LogP contribution in [0.2, 0.25) is 0 Å². The van der Waals surface area contributed by atoms with Gasteiger partial charge in [-0.15, -0.1) is 11.3 Å². The Bertz CT molecular complexity index is 837. The molecule has 1 aliphatic rings. The van der Waals surface area contributed by atoms with Gasteiger partial charge < -0.3 is 14.2 Å². The maximum atomic E-state index is 12.8. The number of ether oxygens (including phenoxy) is 3. The molecule has 3 rings (SSSR count). The number of benzene rings is 1. The Hall–Kier alpha value is -2.23. The van der Waals surface area contributed by atoms with Crippen molar-refractivity contribution in [2.75, 3.05) is 13.7 Å². The van der Waals surface area contributed by atoms with E-state index in [2.05, 4.69) is 9.72 Å². The molecule has 0 spiro atoms. The number of halogens is 3. The summed E-state index contributed by atoms with van der Waals surface area (Å²) < 4.78 is 54.9. The Morgan fingerprint density at radius 1 is 1.30 bits per heavy atom. The third-order valence-electron chi connectivity index (χ3n) is 4.76. The highest BCUT2D eigenvalue weighted by Crippen LogP contribution is 2.40. The molecule has 0 amide bonds. The molecule has 162 valence electrons. The van der Waals surface area contributed by atoms with E-state index in [1.54, 1.807) is 5.51 Å². The molecule has 1 aromatic heterocycles. The zero-order chi connectivity index (χ0) is 21.6. The van der Waals surface area contributed by atoms with Gasteiger partial charge in [0.05, 0.1) is 30.5 Å². The quantitative estimate of drug-likeness (QED) is 0.422. The highest BCUT2D eigenvalue weighted by atomic mass is 32.1. The van der Waals surface area contributed by atoms with Crippen LogP contribution in [0, 0.1) is 5.92 Å². The van der Waals surface area contributed by atoms with Crippen LogP contribution in [0.5, 0.6) is 0 Å². The van der Waals surface area contributed by atoms with Crippen molar-refractivity contribution < 1.29 is 32.2 Å². The van der Waals surface area contributed by atoms with E-state index >= 15 is 0 Å². The number of thiazole rings is 1. The van der Waals surface area contributed by atoms with Gasteiger partial charge in [-0.05, 0) is 25.0 Å². The van der Waals surface area contributed by atoms with Crippen molar-refractivity contribution in [1.29, 1.82) is 0 Å². The molecule has 3 unspecified atom stereocenters. The molecule has 1 saturated heterocycles. The molecule has 0 radical (unpaired) electrons. The van der Waals surface area contributed by atoms with Crippen LogP contribution in [-0.2, 0) is 25.2 Å². The van der Waals surface area contributed by atoms with Gasteiger partial charge in [0.15, 0.2) is 6.29 Å². The lowest BCUT2D eigenvalue weighted by Crippen LogP contribution is -2.30. The Morgan fingerprint density at radius 3 is 2.70 bits per heavy atom. The summed E-state index contributed by atoms with van der Waals surface area (Å²) in [5.74, 6) is -0.268. The van der Waals surface area contributed by atoms with Gasteiger partial charge in [0.1, 0.15) is 6.10 Å². The fraction of sp³-hybridized carbons (Fsp3) is 0.429. The number of carbonyl (C=O) groups excluding carboxylic acids is 1. The van der Waals surface area contributed by atoms with E-state index in [1.807, 2.05) is 17.5 Å². The smallest absolute Gasteiger partial charge is 0.416 e. The van der Waals surface area contributed by atoms with Crippen LogP contribution in [0.25, 0.3) is 0 Å². The first-order valence-electron chi connectivity index (χ1n) is 9.42. The largest absolute Gasteiger partial charge is 0.469 e. The topological polar surface area (TPSA) is 57.7 Å². The summed E-state index contributed by atoms with van der Waals surface area (Å²) in [6.45, 7) is 0.370. The highest BCUT2D eigenvalue weighted by Gasteiger charge is 2.35. The maximum absolute atomic E-state index is 12.8. The lowest BCUT2D eigenvalue weighted by molar-refractivity contribution is -0.244. The molecule has 0 N–H and O–H groups in total. The zero-order valence-corrected chi connectivity index (χ0v) is 17.1. The van der Waals surface area contributed by atoms with E-state index in [0.29, 0.717) is 31.4 Å². The number of alkyl halides is 3. The van der Waals surface area contributed by atoms with Gasteiger partial charge in [0, 0.05) is 23.3 Å². The summed E-state index contributed by atoms with van der Waals surface area (Å²) in [5.41, 5.74) is 2.29. The molecule has 2 aromatic rings. The Labute approximate surface area is 176 Å². The summed E-state index contributed by atoms with van der Waals surface area (Å²) in [6, 6.07) is 4.79. The summed E-state index contributed by atoms with van der Waals surface area (Å²) in [6.07, 6.45) is -0.0622. The SMILES string of the molecule is COC(=O)CC/C=C\CC1COC(c2ccc(C(F)(F)F)cc2)OC1c1cscn1. The molecule has 30 heavy (non-hydrogen) atoms. The minimum Gasteiger partial charge on any atom is -0.469 e. The molecule has 9 heteroatoms. The molecule has 1 aliphatic heterocycles. The summed E-state index contributed by atoms with van der Waals surface area (Å²) >= 11 is 1.45. The monoisotopic (exact) mass is 441 g/mol. The van der Waals surface area contributed by atoms with Crippen molar-refractivity contribution >= 4 is 17.3 Å². The number of rotatable bonds is 7. The minimum atomic E-state index is -4.39. The Balaban J connectivity index is 1.65. The first-order valence-corrected chi connectivity index (χ1v) is 10.4. The van der Waals surface area contributed by atoms with Crippen molar-refractivity contribution in [3.05, 3.63) is 64.1 Å². The summed E-state index contributed by atoms with van der Waals surface area (Å²) in [7, 11) is 1.36. The maximum Gasteiger partial charge on any atom is 0.416 e. The Morgan fingerprint density at radius 2 is 2.07 bits per heavy atom. The van der Waals surface area contributed by atoms with Crippen molar-refractivity contribution in [3.63, 3.8) is 0 Å².